The number of thioether (sulfide) groups is 1. The maximum absolute atomic E-state index is 11.2. The van der Waals surface area contributed by atoms with Gasteiger partial charge in [0.05, 0.1) is 5.69 Å². The standard InChI is InChI=1S/C13H16N4OS/c1-8-5-6-11(17-13(19-4)15-7-14)9(2)12(8)16-10(3)18/h5-6H,1-4H3,(H,15,17)(H,16,18). The van der Waals surface area contributed by atoms with Crippen LogP contribution in [0.5, 0.6) is 0 Å². The lowest BCUT2D eigenvalue weighted by Gasteiger charge is -2.12. The average molecular weight is 276 g/mol. The molecule has 1 rings (SSSR count). The maximum Gasteiger partial charge on any atom is 0.221 e. The first-order valence-corrected chi connectivity index (χ1v) is 6.87. The summed E-state index contributed by atoms with van der Waals surface area (Å²) in [4.78, 5) is 15.6. The number of nitrogens with one attached hydrogen (secondary N) is 2. The number of rotatable bonds is 2. The van der Waals surface area contributed by atoms with E-state index in [4.69, 9.17) is 5.26 Å². The van der Waals surface area contributed by atoms with Gasteiger partial charge < -0.3 is 5.32 Å². The molecular formula is C13H16N4OS. The molecule has 2 N–H and O–H groups in total. The van der Waals surface area contributed by atoms with E-state index >= 15 is 0 Å². The number of carbonyl (C=O) groups excluding carboxylic acids is 1. The highest BCUT2D eigenvalue weighted by atomic mass is 32.2. The minimum atomic E-state index is -0.118. The third kappa shape index (κ3) is 4.00. The Kier molecular flexibility index (Phi) is 5.39. The fourth-order valence-electron chi connectivity index (χ4n) is 1.61. The van der Waals surface area contributed by atoms with Crippen molar-refractivity contribution in [2.24, 2.45) is 4.99 Å². The third-order valence-electron chi connectivity index (χ3n) is 2.52. The van der Waals surface area contributed by atoms with Crippen LogP contribution in [0.4, 0.5) is 11.4 Å². The van der Waals surface area contributed by atoms with E-state index in [0.29, 0.717) is 5.17 Å². The van der Waals surface area contributed by atoms with Crippen LogP contribution in [0.15, 0.2) is 17.1 Å². The van der Waals surface area contributed by atoms with E-state index in [2.05, 4.69) is 15.6 Å². The molecule has 1 aromatic carbocycles. The number of amides is 1. The molecule has 0 radical (unpaired) electrons. The lowest BCUT2D eigenvalue weighted by atomic mass is 10.1. The SMILES string of the molecule is CSC(=Nc1ccc(C)c(NC(C)=O)c1C)NC#N. The van der Waals surface area contributed by atoms with Crippen molar-refractivity contribution in [1.82, 2.24) is 5.32 Å². The van der Waals surface area contributed by atoms with E-state index in [0.717, 1.165) is 22.5 Å². The number of nitriles is 1. The van der Waals surface area contributed by atoms with Crippen LogP contribution in [0, 0.1) is 25.3 Å². The van der Waals surface area contributed by atoms with Crippen molar-refractivity contribution in [1.29, 1.82) is 5.26 Å². The molecule has 0 aromatic heterocycles. The van der Waals surface area contributed by atoms with Gasteiger partial charge in [-0.2, -0.15) is 5.26 Å². The first kappa shape index (κ1) is 15.1. The molecule has 5 nitrogen and oxygen atoms in total. The van der Waals surface area contributed by atoms with Crippen molar-refractivity contribution < 1.29 is 4.79 Å². The van der Waals surface area contributed by atoms with Gasteiger partial charge in [0, 0.05) is 12.6 Å². The smallest absolute Gasteiger partial charge is 0.221 e. The Bertz CT molecular complexity index is 560. The highest BCUT2D eigenvalue weighted by molar-refractivity contribution is 8.13. The summed E-state index contributed by atoms with van der Waals surface area (Å²) >= 11 is 1.35. The Balaban J connectivity index is 3.24. The van der Waals surface area contributed by atoms with Gasteiger partial charge in [0.15, 0.2) is 11.4 Å². The Hall–Kier alpha value is -2.00. The molecule has 0 aliphatic carbocycles. The highest BCUT2D eigenvalue weighted by Crippen LogP contribution is 2.29. The number of aliphatic imine (C=N–C) groups is 1. The molecule has 0 bridgehead atoms. The van der Waals surface area contributed by atoms with E-state index in [1.165, 1.54) is 18.7 Å². The van der Waals surface area contributed by atoms with Crippen LogP contribution in [0.1, 0.15) is 18.1 Å². The van der Waals surface area contributed by atoms with E-state index in [-0.39, 0.29) is 5.91 Å². The lowest BCUT2D eigenvalue weighted by Crippen LogP contribution is -2.13. The monoisotopic (exact) mass is 276 g/mol. The molecule has 100 valence electrons. The number of carbonyl (C=O) groups is 1. The quantitative estimate of drug-likeness (QED) is 0.377. The molecule has 0 aliphatic rings. The molecule has 1 aromatic rings. The fraction of sp³-hybridized carbons (Fsp3) is 0.308. The van der Waals surface area contributed by atoms with Crippen LogP contribution in [-0.4, -0.2) is 17.3 Å². The van der Waals surface area contributed by atoms with Gasteiger partial charge in [-0.1, -0.05) is 17.8 Å². The second-order valence-corrected chi connectivity index (χ2v) is 4.74. The molecule has 0 saturated carbocycles. The average Bonchev–Trinajstić information content (AvgIpc) is 2.36. The molecule has 0 spiro atoms. The molecule has 0 unspecified atom stereocenters. The van der Waals surface area contributed by atoms with Gasteiger partial charge >= 0.3 is 0 Å². The Morgan fingerprint density at radius 1 is 1.42 bits per heavy atom. The second kappa shape index (κ2) is 6.81. The predicted octanol–water partition coefficient (Wildman–Crippen LogP) is 2.68. The summed E-state index contributed by atoms with van der Waals surface area (Å²) in [5.41, 5.74) is 3.35. The summed E-state index contributed by atoms with van der Waals surface area (Å²) < 4.78 is 0. The summed E-state index contributed by atoms with van der Waals surface area (Å²) in [5, 5.41) is 14.5. The summed E-state index contributed by atoms with van der Waals surface area (Å²) in [6.07, 6.45) is 3.68. The van der Waals surface area contributed by atoms with E-state index in [1.807, 2.05) is 38.4 Å². The number of amidine groups is 1. The van der Waals surface area contributed by atoms with Gasteiger partial charge in [-0.05, 0) is 37.3 Å². The minimum absolute atomic E-state index is 0.118. The van der Waals surface area contributed by atoms with Crippen LogP contribution in [-0.2, 0) is 4.79 Å². The molecule has 6 heteroatoms. The molecule has 0 saturated heterocycles. The second-order valence-electron chi connectivity index (χ2n) is 3.94. The Morgan fingerprint density at radius 2 is 2.11 bits per heavy atom. The van der Waals surface area contributed by atoms with E-state index in [9.17, 15) is 4.79 Å². The van der Waals surface area contributed by atoms with Crippen molar-refractivity contribution in [2.75, 3.05) is 11.6 Å². The van der Waals surface area contributed by atoms with Crippen molar-refractivity contribution in [2.45, 2.75) is 20.8 Å². The summed E-state index contributed by atoms with van der Waals surface area (Å²) in [5.74, 6) is -0.118. The molecule has 19 heavy (non-hydrogen) atoms. The maximum atomic E-state index is 11.2. The van der Waals surface area contributed by atoms with Gasteiger partial charge in [0.1, 0.15) is 0 Å². The largest absolute Gasteiger partial charge is 0.326 e. The van der Waals surface area contributed by atoms with Gasteiger partial charge in [-0.25, -0.2) is 4.99 Å². The summed E-state index contributed by atoms with van der Waals surface area (Å²) in [7, 11) is 0. The predicted molar refractivity (Wildman–Crippen MR) is 79.6 cm³/mol. The molecule has 0 aliphatic heterocycles. The summed E-state index contributed by atoms with van der Waals surface area (Å²) in [6.45, 7) is 5.29. The van der Waals surface area contributed by atoms with Crippen molar-refractivity contribution in [3.8, 4) is 6.19 Å². The molecule has 0 atom stereocenters. The van der Waals surface area contributed by atoms with Crippen molar-refractivity contribution in [3.05, 3.63) is 23.3 Å². The van der Waals surface area contributed by atoms with Crippen LogP contribution in [0.2, 0.25) is 0 Å². The van der Waals surface area contributed by atoms with Gasteiger partial charge in [0.2, 0.25) is 5.91 Å². The van der Waals surface area contributed by atoms with Gasteiger partial charge in [-0.15, -0.1) is 0 Å². The third-order valence-corrected chi connectivity index (χ3v) is 3.10. The number of nitrogens with zero attached hydrogens (tertiary/aromatic N) is 2. The fourth-order valence-corrected chi connectivity index (χ4v) is 1.94. The minimum Gasteiger partial charge on any atom is -0.326 e. The molecule has 0 heterocycles. The Morgan fingerprint density at radius 3 is 2.63 bits per heavy atom. The van der Waals surface area contributed by atoms with Crippen molar-refractivity contribution >= 4 is 34.2 Å². The van der Waals surface area contributed by atoms with Crippen LogP contribution in [0.3, 0.4) is 0 Å². The zero-order valence-electron chi connectivity index (χ0n) is 11.4. The number of hydrogen-bond acceptors (Lipinski definition) is 4. The van der Waals surface area contributed by atoms with E-state index < -0.39 is 0 Å². The van der Waals surface area contributed by atoms with Crippen LogP contribution < -0.4 is 10.6 Å². The number of aryl methyl sites for hydroxylation is 1. The highest BCUT2D eigenvalue weighted by Gasteiger charge is 2.09. The topological polar surface area (TPSA) is 77.3 Å². The van der Waals surface area contributed by atoms with E-state index in [1.54, 1.807) is 0 Å². The molecule has 1 amide bonds. The molecule has 0 fully saturated rings. The van der Waals surface area contributed by atoms with Crippen molar-refractivity contribution in [3.63, 3.8) is 0 Å². The molecular weight excluding hydrogens is 260 g/mol. The zero-order chi connectivity index (χ0) is 14.4. The first-order chi connectivity index (χ1) is 8.99. The Labute approximate surface area is 117 Å². The van der Waals surface area contributed by atoms with Crippen LogP contribution >= 0.6 is 11.8 Å². The first-order valence-electron chi connectivity index (χ1n) is 5.65. The van der Waals surface area contributed by atoms with Gasteiger partial charge in [0.25, 0.3) is 0 Å². The number of anilines is 1. The van der Waals surface area contributed by atoms with Gasteiger partial charge in [-0.3, -0.25) is 10.1 Å². The van der Waals surface area contributed by atoms with Crippen LogP contribution in [0.25, 0.3) is 0 Å². The number of hydrogen-bond donors (Lipinski definition) is 2. The summed E-state index contributed by atoms with van der Waals surface area (Å²) in [6, 6.07) is 3.76. The normalized spacial score (nSPS) is 10.8. The zero-order valence-corrected chi connectivity index (χ0v) is 12.2. The lowest BCUT2D eigenvalue weighted by molar-refractivity contribution is -0.114. The number of benzene rings is 1.